The standard InChI is InChI=1S/C21H21F3N2O2/c22-16-5-7-17(8-6-16)26-14-21(28-12-19(26)27)9-2-10-25(13-21)11-15-3-1-4-18(23)20(15)24/h1,3-8H,2,9-14H2. The van der Waals surface area contributed by atoms with Crippen LogP contribution in [0.1, 0.15) is 18.4 Å². The number of piperidine rings is 1. The van der Waals surface area contributed by atoms with E-state index in [4.69, 9.17) is 4.74 Å². The number of carbonyl (C=O) groups is 1. The summed E-state index contributed by atoms with van der Waals surface area (Å²) >= 11 is 0. The molecule has 4 rings (SSSR count). The first-order valence-corrected chi connectivity index (χ1v) is 9.31. The Morgan fingerprint density at radius 1 is 1.04 bits per heavy atom. The molecule has 0 bridgehead atoms. The number of hydrogen-bond acceptors (Lipinski definition) is 3. The molecule has 1 spiro atoms. The van der Waals surface area contributed by atoms with Crippen molar-refractivity contribution in [3.63, 3.8) is 0 Å². The van der Waals surface area contributed by atoms with Crippen molar-refractivity contribution in [2.24, 2.45) is 0 Å². The van der Waals surface area contributed by atoms with E-state index in [0.717, 1.165) is 25.5 Å². The minimum Gasteiger partial charge on any atom is -0.362 e. The number of nitrogens with zero attached hydrogens (tertiary/aromatic N) is 2. The Kier molecular flexibility index (Phi) is 5.12. The Morgan fingerprint density at radius 2 is 1.82 bits per heavy atom. The SMILES string of the molecule is O=C1COC2(CCCN(Cc3cccc(F)c3F)C2)CN1c1ccc(F)cc1. The fourth-order valence-corrected chi connectivity index (χ4v) is 4.05. The number of amides is 1. The Hall–Kier alpha value is -2.38. The smallest absolute Gasteiger partial charge is 0.253 e. The molecule has 2 aromatic carbocycles. The number of morpholine rings is 1. The lowest BCUT2D eigenvalue weighted by molar-refractivity contribution is -0.146. The van der Waals surface area contributed by atoms with Crippen molar-refractivity contribution in [3.8, 4) is 0 Å². The maximum atomic E-state index is 14.0. The monoisotopic (exact) mass is 390 g/mol. The van der Waals surface area contributed by atoms with Crippen molar-refractivity contribution < 1.29 is 22.7 Å². The second-order valence-corrected chi connectivity index (χ2v) is 7.46. The largest absolute Gasteiger partial charge is 0.362 e. The van der Waals surface area contributed by atoms with Crippen LogP contribution in [0.5, 0.6) is 0 Å². The highest BCUT2D eigenvalue weighted by Gasteiger charge is 2.43. The number of carbonyl (C=O) groups excluding carboxylic acids is 1. The predicted octanol–water partition coefficient (Wildman–Crippen LogP) is 3.50. The van der Waals surface area contributed by atoms with Crippen LogP contribution in [0.2, 0.25) is 0 Å². The van der Waals surface area contributed by atoms with E-state index in [2.05, 4.69) is 0 Å². The highest BCUT2D eigenvalue weighted by atomic mass is 19.2. The van der Waals surface area contributed by atoms with Crippen LogP contribution in [0.4, 0.5) is 18.9 Å². The van der Waals surface area contributed by atoms with Crippen LogP contribution in [0, 0.1) is 17.5 Å². The van der Waals surface area contributed by atoms with Gasteiger partial charge in [0.2, 0.25) is 0 Å². The summed E-state index contributed by atoms with van der Waals surface area (Å²) in [5.74, 6) is -2.22. The zero-order valence-corrected chi connectivity index (χ0v) is 15.3. The average molecular weight is 390 g/mol. The van der Waals surface area contributed by atoms with Crippen LogP contribution in [0.3, 0.4) is 0 Å². The quantitative estimate of drug-likeness (QED) is 0.804. The first kappa shape index (κ1) is 19.0. The number of anilines is 1. The van der Waals surface area contributed by atoms with Gasteiger partial charge >= 0.3 is 0 Å². The molecule has 0 N–H and O–H groups in total. The van der Waals surface area contributed by atoms with Crippen molar-refractivity contribution >= 4 is 11.6 Å². The normalized spacial score (nSPS) is 23.4. The van der Waals surface area contributed by atoms with Crippen molar-refractivity contribution in [3.05, 3.63) is 65.5 Å². The van der Waals surface area contributed by atoms with Crippen LogP contribution in [0.25, 0.3) is 0 Å². The molecule has 28 heavy (non-hydrogen) atoms. The second-order valence-electron chi connectivity index (χ2n) is 7.46. The molecule has 2 aliphatic rings. The van der Waals surface area contributed by atoms with E-state index in [9.17, 15) is 18.0 Å². The first-order valence-electron chi connectivity index (χ1n) is 9.31. The molecule has 2 heterocycles. The molecule has 1 amide bonds. The molecule has 7 heteroatoms. The Balaban J connectivity index is 1.51. The van der Waals surface area contributed by atoms with Gasteiger partial charge in [0.05, 0.1) is 12.1 Å². The average Bonchev–Trinajstić information content (AvgIpc) is 2.69. The molecule has 1 unspecified atom stereocenters. The minimum atomic E-state index is -0.855. The van der Waals surface area contributed by atoms with Crippen LogP contribution in [0.15, 0.2) is 42.5 Å². The maximum absolute atomic E-state index is 14.0. The lowest BCUT2D eigenvalue weighted by Crippen LogP contribution is -2.61. The van der Waals surface area contributed by atoms with Crippen LogP contribution < -0.4 is 4.90 Å². The highest BCUT2D eigenvalue weighted by molar-refractivity contribution is 5.95. The highest BCUT2D eigenvalue weighted by Crippen LogP contribution is 2.32. The number of hydrogen-bond donors (Lipinski definition) is 0. The lowest BCUT2D eigenvalue weighted by Gasteiger charge is -2.47. The van der Waals surface area contributed by atoms with Gasteiger partial charge in [-0.25, -0.2) is 13.2 Å². The molecular formula is C21H21F3N2O2. The Labute approximate surface area is 161 Å². The van der Waals surface area contributed by atoms with Gasteiger partial charge in [0.1, 0.15) is 12.4 Å². The summed E-state index contributed by atoms with van der Waals surface area (Å²) in [7, 11) is 0. The summed E-state index contributed by atoms with van der Waals surface area (Å²) in [4.78, 5) is 16.0. The summed E-state index contributed by atoms with van der Waals surface area (Å²) in [5.41, 5.74) is 0.353. The van der Waals surface area contributed by atoms with Gasteiger partial charge < -0.3 is 9.64 Å². The van der Waals surface area contributed by atoms with E-state index in [1.54, 1.807) is 23.1 Å². The number of ether oxygens (including phenoxy) is 1. The van der Waals surface area contributed by atoms with Crippen molar-refractivity contribution in [2.75, 3.05) is 31.1 Å². The molecule has 2 saturated heterocycles. The molecule has 2 aromatic rings. The zero-order chi connectivity index (χ0) is 19.7. The second kappa shape index (κ2) is 7.56. The number of likely N-dealkylation sites (tertiary alicyclic amines) is 1. The molecular weight excluding hydrogens is 369 g/mol. The van der Waals surface area contributed by atoms with E-state index < -0.39 is 17.2 Å². The molecule has 148 valence electrons. The van der Waals surface area contributed by atoms with Gasteiger partial charge in [-0.15, -0.1) is 0 Å². The van der Waals surface area contributed by atoms with E-state index in [1.165, 1.54) is 18.2 Å². The molecule has 0 aliphatic carbocycles. The fourth-order valence-electron chi connectivity index (χ4n) is 4.05. The predicted molar refractivity (Wildman–Crippen MR) is 98.3 cm³/mol. The third-order valence-electron chi connectivity index (χ3n) is 5.43. The van der Waals surface area contributed by atoms with E-state index >= 15 is 0 Å². The Bertz CT molecular complexity index is 874. The summed E-state index contributed by atoms with van der Waals surface area (Å²) in [5, 5.41) is 0. The zero-order valence-electron chi connectivity index (χ0n) is 15.3. The fraction of sp³-hybridized carbons (Fsp3) is 0.381. The third kappa shape index (κ3) is 3.77. The van der Waals surface area contributed by atoms with E-state index in [1.807, 2.05) is 4.90 Å². The maximum Gasteiger partial charge on any atom is 0.253 e. The Morgan fingerprint density at radius 3 is 2.61 bits per heavy atom. The molecule has 0 saturated carbocycles. The van der Waals surface area contributed by atoms with Gasteiger partial charge in [0.25, 0.3) is 5.91 Å². The van der Waals surface area contributed by atoms with Gasteiger partial charge in [0.15, 0.2) is 11.6 Å². The number of halogens is 3. The number of benzene rings is 2. The molecule has 4 nitrogen and oxygen atoms in total. The minimum absolute atomic E-state index is 0.0560. The lowest BCUT2D eigenvalue weighted by atomic mass is 9.90. The summed E-state index contributed by atoms with van der Waals surface area (Å²) in [6, 6.07) is 9.99. The van der Waals surface area contributed by atoms with Gasteiger partial charge in [-0.2, -0.15) is 0 Å². The molecule has 0 radical (unpaired) electrons. The van der Waals surface area contributed by atoms with Gasteiger partial charge in [0, 0.05) is 24.3 Å². The van der Waals surface area contributed by atoms with Crippen molar-refractivity contribution in [1.29, 1.82) is 0 Å². The molecule has 2 aliphatic heterocycles. The summed E-state index contributed by atoms with van der Waals surface area (Å²) in [6.45, 7) is 1.82. The van der Waals surface area contributed by atoms with Crippen molar-refractivity contribution in [2.45, 2.75) is 25.0 Å². The van der Waals surface area contributed by atoms with E-state index in [0.29, 0.717) is 24.3 Å². The molecule has 2 fully saturated rings. The van der Waals surface area contributed by atoms with Gasteiger partial charge in [-0.05, 0) is 49.7 Å². The van der Waals surface area contributed by atoms with Gasteiger partial charge in [-0.1, -0.05) is 12.1 Å². The van der Waals surface area contributed by atoms with E-state index in [-0.39, 0.29) is 24.9 Å². The van der Waals surface area contributed by atoms with Gasteiger partial charge in [-0.3, -0.25) is 9.69 Å². The number of rotatable bonds is 3. The summed E-state index contributed by atoms with van der Waals surface area (Å²) < 4.78 is 46.7. The molecule has 0 aromatic heterocycles. The molecule has 1 atom stereocenters. The topological polar surface area (TPSA) is 32.8 Å². The van der Waals surface area contributed by atoms with Crippen LogP contribution in [-0.4, -0.2) is 42.6 Å². The van der Waals surface area contributed by atoms with Crippen LogP contribution in [-0.2, 0) is 16.1 Å². The van der Waals surface area contributed by atoms with Crippen LogP contribution >= 0.6 is 0 Å². The van der Waals surface area contributed by atoms with Crippen molar-refractivity contribution in [1.82, 2.24) is 4.90 Å². The first-order chi connectivity index (χ1) is 13.5. The third-order valence-corrected chi connectivity index (χ3v) is 5.43. The summed E-state index contributed by atoms with van der Waals surface area (Å²) in [6.07, 6.45) is 1.59.